The lowest BCUT2D eigenvalue weighted by Crippen LogP contribution is -2.00. The van der Waals surface area contributed by atoms with Gasteiger partial charge in [0.25, 0.3) is 0 Å². The van der Waals surface area contributed by atoms with Gasteiger partial charge in [0.15, 0.2) is 0 Å². The van der Waals surface area contributed by atoms with Gasteiger partial charge in [-0.15, -0.1) is 0 Å². The molecule has 0 saturated heterocycles. The number of benzene rings is 1. The SMILES string of the molecule is Cc1cc(C)cc(Nc2ncc(C(=O)O)cc2Cl)c1. The van der Waals surface area contributed by atoms with Gasteiger partial charge in [0.2, 0.25) is 0 Å². The van der Waals surface area contributed by atoms with E-state index in [2.05, 4.69) is 16.4 Å². The van der Waals surface area contributed by atoms with Gasteiger partial charge in [-0.05, 0) is 43.2 Å². The number of aromatic carboxylic acids is 1. The first kappa shape index (κ1) is 13.4. The molecule has 0 spiro atoms. The van der Waals surface area contributed by atoms with Crippen LogP contribution in [0.2, 0.25) is 5.02 Å². The molecule has 0 bridgehead atoms. The number of anilines is 2. The van der Waals surface area contributed by atoms with Crippen LogP contribution in [0.15, 0.2) is 30.5 Å². The Morgan fingerprint density at radius 2 is 1.84 bits per heavy atom. The van der Waals surface area contributed by atoms with E-state index in [0.717, 1.165) is 16.8 Å². The van der Waals surface area contributed by atoms with Crippen molar-refractivity contribution in [1.82, 2.24) is 4.98 Å². The van der Waals surface area contributed by atoms with Crippen LogP contribution in [-0.4, -0.2) is 16.1 Å². The first-order valence-corrected chi connectivity index (χ1v) is 6.07. The highest BCUT2D eigenvalue weighted by Gasteiger charge is 2.08. The molecule has 2 rings (SSSR count). The number of rotatable bonds is 3. The topological polar surface area (TPSA) is 62.2 Å². The Kier molecular flexibility index (Phi) is 3.71. The molecule has 1 heterocycles. The molecule has 0 fully saturated rings. The zero-order chi connectivity index (χ0) is 14.0. The van der Waals surface area contributed by atoms with E-state index in [1.165, 1.54) is 12.3 Å². The van der Waals surface area contributed by atoms with E-state index >= 15 is 0 Å². The summed E-state index contributed by atoms with van der Waals surface area (Å²) in [6, 6.07) is 7.38. The van der Waals surface area contributed by atoms with E-state index in [1.807, 2.05) is 26.0 Å². The number of hydrogen-bond donors (Lipinski definition) is 2. The standard InChI is InChI=1S/C14H13ClN2O2/c1-8-3-9(2)5-11(4-8)17-13-12(15)6-10(7-16-13)14(18)19/h3-7H,1-2H3,(H,16,17)(H,18,19). The molecule has 2 N–H and O–H groups in total. The lowest BCUT2D eigenvalue weighted by atomic mass is 10.1. The largest absolute Gasteiger partial charge is 0.478 e. The molecule has 19 heavy (non-hydrogen) atoms. The molecule has 4 nitrogen and oxygen atoms in total. The van der Waals surface area contributed by atoms with E-state index in [0.29, 0.717) is 5.82 Å². The Morgan fingerprint density at radius 1 is 1.21 bits per heavy atom. The Hall–Kier alpha value is -2.07. The van der Waals surface area contributed by atoms with E-state index in [1.54, 1.807) is 0 Å². The molecule has 1 aromatic carbocycles. The number of carboxylic acid groups (broad SMARTS) is 1. The molecule has 0 aliphatic carbocycles. The summed E-state index contributed by atoms with van der Waals surface area (Å²) in [4.78, 5) is 14.8. The van der Waals surface area contributed by atoms with Gasteiger partial charge in [-0.1, -0.05) is 17.7 Å². The average Bonchev–Trinajstić information content (AvgIpc) is 2.30. The second kappa shape index (κ2) is 5.28. The van der Waals surface area contributed by atoms with Crippen LogP contribution >= 0.6 is 11.6 Å². The van der Waals surface area contributed by atoms with Crippen LogP contribution in [0.25, 0.3) is 0 Å². The maximum absolute atomic E-state index is 10.8. The fraction of sp³-hybridized carbons (Fsp3) is 0.143. The molecule has 0 aliphatic heterocycles. The molecule has 98 valence electrons. The number of carbonyl (C=O) groups is 1. The number of aromatic nitrogens is 1. The Morgan fingerprint density at radius 3 is 2.37 bits per heavy atom. The maximum Gasteiger partial charge on any atom is 0.337 e. The van der Waals surface area contributed by atoms with E-state index < -0.39 is 5.97 Å². The summed E-state index contributed by atoms with van der Waals surface area (Å²) in [7, 11) is 0. The number of aryl methyl sites for hydroxylation is 2. The van der Waals surface area contributed by atoms with E-state index in [9.17, 15) is 4.79 Å². The third-order valence-corrected chi connectivity index (χ3v) is 2.86. The summed E-state index contributed by atoms with van der Waals surface area (Å²) < 4.78 is 0. The Balaban J connectivity index is 2.30. The van der Waals surface area contributed by atoms with Gasteiger partial charge in [-0.3, -0.25) is 0 Å². The number of carboxylic acids is 1. The van der Waals surface area contributed by atoms with Crippen molar-refractivity contribution in [3.05, 3.63) is 52.2 Å². The number of pyridine rings is 1. The number of nitrogens with one attached hydrogen (secondary N) is 1. The van der Waals surface area contributed by atoms with Crippen molar-refractivity contribution >= 4 is 29.1 Å². The first-order valence-electron chi connectivity index (χ1n) is 5.70. The summed E-state index contributed by atoms with van der Waals surface area (Å²) in [6.45, 7) is 4.00. The van der Waals surface area contributed by atoms with Crippen LogP contribution in [0.5, 0.6) is 0 Å². The van der Waals surface area contributed by atoms with Crippen LogP contribution in [0, 0.1) is 13.8 Å². The van der Waals surface area contributed by atoms with Crippen LogP contribution in [-0.2, 0) is 0 Å². The van der Waals surface area contributed by atoms with Gasteiger partial charge in [-0.2, -0.15) is 0 Å². The molecule has 5 heteroatoms. The fourth-order valence-electron chi connectivity index (χ4n) is 1.83. The molecule has 1 aromatic heterocycles. The summed E-state index contributed by atoms with van der Waals surface area (Å²) in [5.41, 5.74) is 3.19. The normalized spacial score (nSPS) is 10.3. The highest BCUT2D eigenvalue weighted by molar-refractivity contribution is 6.33. The van der Waals surface area contributed by atoms with Crippen molar-refractivity contribution in [1.29, 1.82) is 0 Å². The fourth-order valence-corrected chi connectivity index (χ4v) is 2.04. The summed E-state index contributed by atoms with van der Waals surface area (Å²) in [5, 5.41) is 12.2. The number of nitrogens with zero attached hydrogens (tertiary/aromatic N) is 1. The summed E-state index contributed by atoms with van der Waals surface area (Å²) >= 11 is 6.01. The monoisotopic (exact) mass is 276 g/mol. The molecule has 0 unspecified atom stereocenters. The van der Waals surface area contributed by atoms with Crippen LogP contribution in [0.4, 0.5) is 11.5 Å². The molecule has 2 aromatic rings. The molecular formula is C14H13ClN2O2. The highest BCUT2D eigenvalue weighted by Crippen LogP contribution is 2.25. The van der Waals surface area contributed by atoms with Crippen LogP contribution in [0.3, 0.4) is 0 Å². The van der Waals surface area contributed by atoms with Crippen molar-refractivity contribution in [2.75, 3.05) is 5.32 Å². The van der Waals surface area contributed by atoms with Gasteiger partial charge >= 0.3 is 5.97 Å². The minimum Gasteiger partial charge on any atom is -0.478 e. The maximum atomic E-state index is 10.8. The lowest BCUT2D eigenvalue weighted by molar-refractivity contribution is 0.0696. The van der Waals surface area contributed by atoms with Crippen molar-refractivity contribution in [2.24, 2.45) is 0 Å². The first-order chi connectivity index (χ1) is 8.95. The van der Waals surface area contributed by atoms with Gasteiger partial charge < -0.3 is 10.4 Å². The average molecular weight is 277 g/mol. The van der Waals surface area contributed by atoms with Crippen LogP contribution in [0.1, 0.15) is 21.5 Å². The van der Waals surface area contributed by atoms with Crippen molar-refractivity contribution in [2.45, 2.75) is 13.8 Å². The van der Waals surface area contributed by atoms with Gasteiger partial charge in [-0.25, -0.2) is 9.78 Å². The lowest BCUT2D eigenvalue weighted by Gasteiger charge is -2.09. The summed E-state index contributed by atoms with van der Waals surface area (Å²) in [6.07, 6.45) is 1.28. The van der Waals surface area contributed by atoms with Crippen LogP contribution < -0.4 is 5.32 Å². The molecule has 0 atom stereocenters. The molecule has 0 saturated carbocycles. The molecule has 0 amide bonds. The molecule has 0 radical (unpaired) electrons. The second-order valence-electron chi connectivity index (χ2n) is 4.36. The molecule has 0 aliphatic rings. The Labute approximate surface area is 116 Å². The molecular weight excluding hydrogens is 264 g/mol. The van der Waals surface area contributed by atoms with Gasteiger partial charge in [0.05, 0.1) is 10.6 Å². The second-order valence-corrected chi connectivity index (χ2v) is 4.77. The van der Waals surface area contributed by atoms with E-state index in [-0.39, 0.29) is 10.6 Å². The van der Waals surface area contributed by atoms with Crippen molar-refractivity contribution < 1.29 is 9.90 Å². The van der Waals surface area contributed by atoms with Crippen molar-refractivity contribution in [3.8, 4) is 0 Å². The minimum atomic E-state index is -1.05. The van der Waals surface area contributed by atoms with Gasteiger partial charge in [0, 0.05) is 11.9 Å². The Bertz CT molecular complexity index is 621. The number of hydrogen-bond acceptors (Lipinski definition) is 3. The quantitative estimate of drug-likeness (QED) is 0.895. The summed E-state index contributed by atoms with van der Waals surface area (Å²) in [5.74, 6) is -0.607. The van der Waals surface area contributed by atoms with Crippen molar-refractivity contribution in [3.63, 3.8) is 0 Å². The highest BCUT2D eigenvalue weighted by atomic mass is 35.5. The third kappa shape index (κ3) is 3.23. The third-order valence-electron chi connectivity index (χ3n) is 2.57. The predicted molar refractivity (Wildman–Crippen MR) is 75.4 cm³/mol. The zero-order valence-electron chi connectivity index (χ0n) is 10.6. The van der Waals surface area contributed by atoms with Gasteiger partial charge in [0.1, 0.15) is 5.82 Å². The number of halogens is 1. The predicted octanol–water partition coefficient (Wildman–Crippen LogP) is 3.79. The smallest absolute Gasteiger partial charge is 0.337 e. The minimum absolute atomic E-state index is 0.0657. The van der Waals surface area contributed by atoms with E-state index in [4.69, 9.17) is 16.7 Å². The zero-order valence-corrected chi connectivity index (χ0v) is 11.3.